The van der Waals surface area contributed by atoms with E-state index in [-0.39, 0.29) is 5.41 Å². The number of halogens is 1. The SMILES string of the molecule is CNc1nc(-c2ccnc(C)n2)nc(C(C)(C)C)c1I. The lowest BCUT2D eigenvalue weighted by Crippen LogP contribution is -2.18. The van der Waals surface area contributed by atoms with Crippen LogP contribution in [0.5, 0.6) is 0 Å². The van der Waals surface area contributed by atoms with Gasteiger partial charge in [0.15, 0.2) is 5.82 Å². The normalized spacial score (nSPS) is 11.5. The summed E-state index contributed by atoms with van der Waals surface area (Å²) in [5.41, 5.74) is 1.71. The van der Waals surface area contributed by atoms with Crippen LogP contribution in [0.1, 0.15) is 32.3 Å². The molecule has 20 heavy (non-hydrogen) atoms. The van der Waals surface area contributed by atoms with Crippen molar-refractivity contribution in [2.45, 2.75) is 33.1 Å². The first-order valence-electron chi connectivity index (χ1n) is 6.38. The summed E-state index contributed by atoms with van der Waals surface area (Å²) in [6.45, 7) is 8.30. The molecule has 2 aromatic heterocycles. The summed E-state index contributed by atoms with van der Waals surface area (Å²) < 4.78 is 1.05. The fourth-order valence-corrected chi connectivity index (χ4v) is 3.12. The van der Waals surface area contributed by atoms with Crippen molar-refractivity contribution in [2.75, 3.05) is 12.4 Å². The van der Waals surface area contributed by atoms with E-state index in [9.17, 15) is 0 Å². The number of aromatic nitrogens is 4. The van der Waals surface area contributed by atoms with Gasteiger partial charge in [-0.25, -0.2) is 19.9 Å². The Morgan fingerprint density at radius 1 is 1.15 bits per heavy atom. The maximum absolute atomic E-state index is 4.71. The van der Waals surface area contributed by atoms with E-state index >= 15 is 0 Å². The van der Waals surface area contributed by atoms with Gasteiger partial charge < -0.3 is 5.32 Å². The highest BCUT2D eigenvalue weighted by Crippen LogP contribution is 2.30. The van der Waals surface area contributed by atoms with Crippen LogP contribution in [0.15, 0.2) is 12.3 Å². The Labute approximate surface area is 132 Å². The summed E-state index contributed by atoms with van der Waals surface area (Å²) in [5.74, 6) is 2.18. The van der Waals surface area contributed by atoms with E-state index in [4.69, 9.17) is 4.98 Å². The van der Waals surface area contributed by atoms with Crippen molar-refractivity contribution in [3.05, 3.63) is 27.4 Å². The smallest absolute Gasteiger partial charge is 0.180 e. The standard InChI is InChI=1S/C14H18IN5/c1-8-17-7-6-9(18-8)12-19-11(14(2,3)4)10(15)13(16-5)20-12/h6-7H,1-5H3,(H,16,19,20). The van der Waals surface area contributed by atoms with E-state index in [0.29, 0.717) is 11.6 Å². The van der Waals surface area contributed by atoms with E-state index in [1.54, 1.807) is 6.20 Å². The average molecular weight is 383 g/mol. The Balaban J connectivity index is 2.66. The van der Waals surface area contributed by atoms with Crippen molar-refractivity contribution in [1.82, 2.24) is 19.9 Å². The first-order chi connectivity index (χ1) is 9.32. The van der Waals surface area contributed by atoms with Gasteiger partial charge in [-0.1, -0.05) is 20.8 Å². The average Bonchev–Trinajstić information content (AvgIpc) is 2.37. The summed E-state index contributed by atoms with van der Waals surface area (Å²) >= 11 is 2.29. The number of aryl methyl sites for hydroxylation is 1. The molecule has 0 unspecified atom stereocenters. The molecule has 0 aliphatic rings. The zero-order valence-corrected chi connectivity index (χ0v) is 14.5. The fourth-order valence-electron chi connectivity index (χ4n) is 1.80. The number of hydrogen-bond acceptors (Lipinski definition) is 5. The van der Waals surface area contributed by atoms with Gasteiger partial charge in [0.1, 0.15) is 17.3 Å². The fraction of sp³-hybridized carbons (Fsp3) is 0.429. The zero-order chi connectivity index (χ0) is 14.9. The highest BCUT2D eigenvalue weighted by Gasteiger charge is 2.23. The van der Waals surface area contributed by atoms with Crippen molar-refractivity contribution in [3.63, 3.8) is 0 Å². The molecule has 106 valence electrons. The van der Waals surface area contributed by atoms with E-state index < -0.39 is 0 Å². The van der Waals surface area contributed by atoms with Crippen molar-refractivity contribution < 1.29 is 0 Å². The second-order valence-electron chi connectivity index (χ2n) is 5.55. The van der Waals surface area contributed by atoms with Crippen LogP contribution in [0, 0.1) is 10.5 Å². The first-order valence-corrected chi connectivity index (χ1v) is 7.46. The summed E-state index contributed by atoms with van der Waals surface area (Å²) in [6, 6.07) is 1.83. The summed E-state index contributed by atoms with van der Waals surface area (Å²) in [6.07, 6.45) is 1.73. The lowest BCUT2D eigenvalue weighted by atomic mass is 9.92. The second-order valence-corrected chi connectivity index (χ2v) is 6.63. The molecule has 0 aromatic carbocycles. The van der Waals surface area contributed by atoms with Crippen LogP contribution >= 0.6 is 22.6 Å². The molecule has 2 heterocycles. The maximum atomic E-state index is 4.71. The molecule has 0 saturated carbocycles. The number of nitrogens with zero attached hydrogens (tertiary/aromatic N) is 4. The molecule has 6 heteroatoms. The molecule has 0 aliphatic carbocycles. The minimum atomic E-state index is -0.0537. The molecule has 0 spiro atoms. The molecule has 2 aromatic rings. The number of hydrogen-bond donors (Lipinski definition) is 1. The van der Waals surface area contributed by atoms with Crippen LogP contribution in [0.2, 0.25) is 0 Å². The molecule has 0 saturated heterocycles. The number of anilines is 1. The number of rotatable bonds is 2. The van der Waals surface area contributed by atoms with Gasteiger partial charge in [0.2, 0.25) is 0 Å². The van der Waals surface area contributed by atoms with Crippen molar-refractivity contribution in [3.8, 4) is 11.5 Å². The Morgan fingerprint density at radius 3 is 2.40 bits per heavy atom. The monoisotopic (exact) mass is 383 g/mol. The van der Waals surface area contributed by atoms with Crippen molar-refractivity contribution in [1.29, 1.82) is 0 Å². The summed E-state index contributed by atoms with van der Waals surface area (Å²) in [4.78, 5) is 17.8. The molecule has 1 N–H and O–H groups in total. The number of nitrogens with one attached hydrogen (secondary N) is 1. The molecular weight excluding hydrogens is 365 g/mol. The third kappa shape index (κ3) is 3.05. The third-order valence-corrected chi connectivity index (χ3v) is 3.83. The van der Waals surface area contributed by atoms with Gasteiger partial charge in [-0.15, -0.1) is 0 Å². The molecule has 0 aliphatic heterocycles. The minimum Gasteiger partial charge on any atom is -0.372 e. The lowest BCUT2D eigenvalue weighted by molar-refractivity contribution is 0.564. The topological polar surface area (TPSA) is 63.6 Å². The maximum Gasteiger partial charge on any atom is 0.180 e. The van der Waals surface area contributed by atoms with Gasteiger partial charge in [0, 0.05) is 18.7 Å². The lowest BCUT2D eigenvalue weighted by Gasteiger charge is -2.21. The van der Waals surface area contributed by atoms with Gasteiger partial charge in [0.05, 0.1) is 9.26 Å². The largest absolute Gasteiger partial charge is 0.372 e. The van der Waals surface area contributed by atoms with Crippen LogP contribution in [-0.4, -0.2) is 27.0 Å². The Kier molecular flexibility index (Phi) is 4.22. The zero-order valence-electron chi connectivity index (χ0n) is 12.3. The van der Waals surface area contributed by atoms with Gasteiger partial charge >= 0.3 is 0 Å². The van der Waals surface area contributed by atoms with Crippen molar-refractivity contribution >= 4 is 28.4 Å². The van der Waals surface area contributed by atoms with E-state index in [0.717, 1.165) is 20.8 Å². The molecular formula is C14H18IN5. The Morgan fingerprint density at radius 2 is 1.85 bits per heavy atom. The van der Waals surface area contributed by atoms with Crippen LogP contribution in [-0.2, 0) is 5.41 Å². The predicted octanol–water partition coefficient (Wildman–Crippen LogP) is 3.19. The van der Waals surface area contributed by atoms with Gasteiger partial charge in [-0.2, -0.15) is 0 Å². The molecule has 2 rings (SSSR count). The van der Waals surface area contributed by atoms with E-state index in [1.807, 2.05) is 20.0 Å². The van der Waals surface area contributed by atoms with Crippen LogP contribution < -0.4 is 5.32 Å². The van der Waals surface area contributed by atoms with E-state index in [2.05, 4.69) is 63.6 Å². The minimum absolute atomic E-state index is 0.0537. The van der Waals surface area contributed by atoms with Gasteiger partial charge in [-0.05, 0) is 35.6 Å². The second kappa shape index (κ2) is 5.59. The quantitative estimate of drug-likeness (QED) is 0.808. The Bertz CT molecular complexity index is 634. The summed E-state index contributed by atoms with van der Waals surface area (Å²) in [7, 11) is 1.87. The molecule has 0 bridgehead atoms. The van der Waals surface area contributed by atoms with Crippen LogP contribution in [0.4, 0.5) is 5.82 Å². The molecule has 0 amide bonds. The van der Waals surface area contributed by atoms with Crippen LogP contribution in [0.3, 0.4) is 0 Å². The third-order valence-electron chi connectivity index (χ3n) is 2.80. The molecule has 5 nitrogen and oxygen atoms in total. The highest BCUT2D eigenvalue weighted by molar-refractivity contribution is 14.1. The molecule has 0 radical (unpaired) electrons. The van der Waals surface area contributed by atoms with Crippen LogP contribution in [0.25, 0.3) is 11.5 Å². The molecule has 0 fully saturated rings. The van der Waals surface area contributed by atoms with Gasteiger partial charge in [0.25, 0.3) is 0 Å². The highest BCUT2D eigenvalue weighted by atomic mass is 127. The van der Waals surface area contributed by atoms with Gasteiger partial charge in [-0.3, -0.25) is 0 Å². The van der Waals surface area contributed by atoms with E-state index in [1.165, 1.54) is 0 Å². The van der Waals surface area contributed by atoms with Crippen molar-refractivity contribution in [2.24, 2.45) is 0 Å². The first kappa shape index (κ1) is 15.1. The Hall–Kier alpha value is -1.31. The predicted molar refractivity (Wildman–Crippen MR) is 88.8 cm³/mol. The summed E-state index contributed by atoms with van der Waals surface area (Å²) in [5, 5.41) is 3.13. The molecule has 0 atom stereocenters.